The third-order valence-electron chi connectivity index (χ3n) is 4.05. The fourth-order valence-corrected chi connectivity index (χ4v) is 3.04. The number of likely N-dealkylation sites (tertiary alicyclic amines) is 1. The van der Waals surface area contributed by atoms with Gasteiger partial charge in [0.15, 0.2) is 0 Å². The van der Waals surface area contributed by atoms with Crippen LogP contribution in [0.2, 0.25) is 0 Å². The van der Waals surface area contributed by atoms with Crippen molar-refractivity contribution in [2.24, 2.45) is 0 Å². The molecule has 1 aromatic heterocycles. The van der Waals surface area contributed by atoms with E-state index in [1.807, 2.05) is 0 Å². The van der Waals surface area contributed by atoms with Crippen LogP contribution >= 0.6 is 0 Å². The second kappa shape index (κ2) is 6.41. The Balaban J connectivity index is 1.92. The Morgan fingerprint density at radius 1 is 1.60 bits per heavy atom. The molecule has 2 heterocycles. The molecule has 0 bridgehead atoms. The van der Waals surface area contributed by atoms with Crippen molar-refractivity contribution < 1.29 is 14.3 Å². The molecule has 1 N–H and O–H groups in total. The molecule has 0 amide bonds. The minimum absolute atomic E-state index is 0.268. The van der Waals surface area contributed by atoms with E-state index < -0.39 is 5.97 Å². The number of aromatic carboxylic acids is 1. The molecule has 5 nitrogen and oxygen atoms in total. The Labute approximate surface area is 120 Å². The fraction of sp³-hybridized carbons (Fsp3) is 0.667. The first-order valence-corrected chi connectivity index (χ1v) is 7.26. The average Bonchev–Trinajstić information content (AvgIpc) is 2.95. The van der Waals surface area contributed by atoms with Crippen molar-refractivity contribution in [3.8, 4) is 0 Å². The minimum Gasteiger partial charge on any atom is -0.478 e. The Kier molecular flexibility index (Phi) is 4.83. The van der Waals surface area contributed by atoms with Crippen LogP contribution in [-0.2, 0) is 6.54 Å². The predicted molar refractivity (Wildman–Crippen MR) is 77.0 cm³/mol. The molecule has 0 spiro atoms. The van der Waals surface area contributed by atoms with E-state index in [1.54, 1.807) is 13.0 Å². The summed E-state index contributed by atoms with van der Waals surface area (Å²) in [5.74, 6) is 0.286. The molecule has 20 heavy (non-hydrogen) atoms. The molecule has 0 aromatic carbocycles. The monoisotopic (exact) mass is 280 g/mol. The van der Waals surface area contributed by atoms with E-state index in [0.29, 0.717) is 18.3 Å². The summed E-state index contributed by atoms with van der Waals surface area (Å²) in [6.45, 7) is 7.84. The molecule has 2 rings (SSSR count). The van der Waals surface area contributed by atoms with Gasteiger partial charge in [0.25, 0.3) is 0 Å². The average molecular weight is 280 g/mol. The van der Waals surface area contributed by atoms with Gasteiger partial charge in [0.2, 0.25) is 0 Å². The van der Waals surface area contributed by atoms with Gasteiger partial charge in [-0.1, -0.05) is 6.92 Å². The lowest BCUT2D eigenvalue weighted by Crippen LogP contribution is -2.38. The van der Waals surface area contributed by atoms with Crippen LogP contribution in [-0.4, -0.2) is 53.6 Å². The molecule has 112 valence electrons. The largest absolute Gasteiger partial charge is 0.478 e. The molecule has 0 radical (unpaired) electrons. The number of hydrogen-bond acceptors (Lipinski definition) is 4. The Morgan fingerprint density at radius 3 is 2.95 bits per heavy atom. The molecule has 0 aliphatic carbocycles. The maximum absolute atomic E-state index is 11.0. The topological polar surface area (TPSA) is 56.9 Å². The number of hydrogen-bond donors (Lipinski definition) is 1. The second-order valence-electron chi connectivity index (χ2n) is 5.61. The van der Waals surface area contributed by atoms with Crippen LogP contribution in [0.1, 0.15) is 41.6 Å². The number of aryl methyl sites for hydroxylation is 1. The molecule has 0 saturated carbocycles. The zero-order chi connectivity index (χ0) is 14.7. The number of carboxylic acids is 1. The van der Waals surface area contributed by atoms with Crippen LogP contribution in [0, 0.1) is 6.92 Å². The molecule has 1 aliphatic rings. The van der Waals surface area contributed by atoms with Crippen LogP contribution in [0.25, 0.3) is 0 Å². The minimum atomic E-state index is -0.923. The van der Waals surface area contributed by atoms with Gasteiger partial charge in [-0.15, -0.1) is 0 Å². The van der Waals surface area contributed by atoms with Crippen LogP contribution in [0.5, 0.6) is 0 Å². The quantitative estimate of drug-likeness (QED) is 0.865. The van der Waals surface area contributed by atoms with Crippen LogP contribution in [0.3, 0.4) is 0 Å². The lowest BCUT2D eigenvalue weighted by atomic mass is 10.2. The van der Waals surface area contributed by atoms with Crippen LogP contribution < -0.4 is 0 Å². The fourth-order valence-electron chi connectivity index (χ4n) is 3.04. The van der Waals surface area contributed by atoms with Crippen molar-refractivity contribution in [3.63, 3.8) is 0 Å². The van der Waals surface area contributed by atoms with Gasteiger partial charge in [-0.25, -0.2) is 4.79 Å². The van der Waals surface area contributed by atoms with Gasteiger partial charge in [0.05, 0.1) is 6.54 Å². The number of likely N-dealkylation sites (N-methyl/N-ethyl adjacent to an activating group) is 2. The molecule has 1 unspecified atom stereocenters. The SMILES string of the molecule is CCN1CCCC1CN(C)Cc1cc(C(=O)O)c(C)o1. The van der Waals surface area contributed by atoms with Crippen molar-refractivity contribution in [3.05, 3.63) is 23.2 Å². The van der Waals surface area contributed by atoms with Gasteiger partial charge in [0.1, 0.15) is 17.1 Å². The highest BCUT2D eigenvalue weighted by Gasteiger charge is 2.24. The zero-order valence-electron chi connectivity index (χ0n) is 12.6. The highest BCUT2D eigenvalue weighted by molar-refractivity contribution is 5.88. The van der Waals surface area contributed by atoms with Gasteiger partial charge in [-0.2, -0.15) is 0 Å². The third-order valence-corrected chi connectivity index (χ3v) is 4.05. The summed E-state index contributed by atoms with van der Waals surface area (Å²) in [6, 6.07) is 2.25. The zero-order valence-corrected chi connectivity index (χ0v) is 12.6. The van der Waals surface area contributed by atoms with E-state index >= 15 is 0 Å². The first-order chi connectivity index (χ1) is 9.51. The van der Waals surface area contributed by atoms with E-state index in [9.17, 15) is 4.79 Å². The van der Waals surface area contributed by atoms with Crippen LogP contribution in [0.4, 0.5) is 0 Å². The maximum Gasteiger partial charge on any atom is 0.339 e. The lowest BCUT2D eigenvalue weighted by molar-refractivity contribution is 0.0695. The van der Waals surface area contributed by atoms with Gasteiger partial charge in [-0.05, 0) is 46.0 Å². The third kappa shape index (κ3) is 3.41. The highest BCUT2D eigenvalue weighted by Crippen LogP contribution is 2.19. The summed E-state index contributed by atoms with van der Waals surface area (Å²) in [6.07, 6.45) is 2.52. The van der Waals surface area contributed by atoms with Gasteiger partial charge in [-0.3, -0.25) is 9.80 Å². The number of carboxylic acid groups (broad SMARTS) is 1. The van der Waals surface area contributed by atoms with Gasteiger partial charge in [0, 0.05) is 12.6 Å². The van der Waals surface area contributed by atoms with E-state index in [4.69, 9.17) is 9.52 Å². The molecular formula is C15H24N2O3. The summed E-state index contributed by atoms with van der Waals surface area (Å²) in [5.41, 5.74) is 0.268. The van der Waals surface area contributed by atoms with E-state index in [2.05, 4.69) is 23.8 Å². The van der Waals surface area contributed by atoms with Crippen molar-refractivity contribution in [1.29, 1.82) is 0 Å². The second-order valence-corrected chi connectivity index (χ2v) is 5.61. The number of nitrogens with zero attached hydrogens (tertiary/aromatic N) is 2. The highest BCUT2D eigenvalue weighted by atomic mass is 16.4. The smallest absolute Gasteiger partial charge is 0.339 e. The Bertz CT molecular complexity index is 470. The molecule has 5 heteroatoms. The molecule has 1 aromatic rings. The summed E-state index contributed by atoms with van der Waals surface area (Å²) >= 11 is 0. The molecule has 1 atom stereocenters. The summed E-state index contributed by atoms with van der Waals surface area (Å²) < 4.78 is 5.53. The van der Waals surface area contributed by atoms with Gasteiger partial charge >= 0.3 is 5.97 Å². The first kappa shape index (κ1) is 15.1. The predicted octanol–water partition coefficient (Wildman–Crippen LogP) is 2.20. The Morgan fingerprint density at radius 2 is 2.35 bits per heavy atom. The van der Waals surface area contributed by atoms with Crippen molar-refractivity contribution in [1.82, 2.24) is 9.80 Å². The number of furan rings is 1. The van der Waals surface area contributed by atoms with E-state index in [1.165, 1.54) is 19.4 Å². The van der Waals surface area contributed by atoms with Crippen LogP contribution in [0.15, 0.2) is 10.5 Å². The summed E-state index contributed by atoms with van der Waals surface area (Å²) in [7, 11) is 2.06. The lowest BCUT2D eigenvalue weighted by Gasteiger charge is -2.27. The standard InChI is InChI=1S/C15H24N2O3/c1-4-17-7-5-6-12(17)9-16(3)10-13-8-14(15(18)19)11(2)20-13/h8,12H,4-7,9-10H2,1-3H3,(H,18,19). The number of rotatable bonds is 6. The number of carbonyl (C=O) groups is 1. The van der Waals surface area contributed by atoms with E-state index in [0.717, 1.165) is 18.8 Å². The first-order valence-electron chi connectivity index (χ1n) is 7.26. The van der Waals surface area contributed by atoms with Crippen molar-refractivity contribution in [2.75, 3.05) is 26.7 Å². The maximum atomic E-state index is 11.0. The summed E-state index contributed by atoms with van der Waals surface area (Å²) in [4.78, 5) is 15.7. The van der Waals surface area contributed by atoms with Crippen molar-refractivity contribution >= 4 is 5.97 Å². The van der Waals surface area contributed by atoms with Gasteiger partial charge < -0.3 is 9.52 Å². The molecule has 1 saturated heterocycles. The van der Waals surface area contributed by atoms with Crippen molar-refractivity contribution in [2.45, 2.75) is 39.3 Å². The molecule has 1 fully saturated rings. The summed E-state index contributed by atoms with van der Waals surface area (Å²) in [5, 5.41) is 9.03. The molecule has 1 aliphatic heterocycles. The Hall–Kier alpha value is -1.33. The molecular weight excluding hydrogens is 256 g/mol. The van der Waals surface area contributed by atoms with E-state index in [-0.39, 0.29) is 5.56 Å². The normalized spacial score (nSPS) is 19.9.